The number of hydrogen-bond acceptors (Lipinski definition) is 4. The van der Waals surface area contributed by atoms with Crippen LogP contribution in [-0.4, -0.2) is 58.4 Å². The van der Waals surface area contributed by atoms with Crippen LogP contribution >= 0.6 is 11.6 Å². The van der Waals surface area contributed by atoms with Crippen LogP contribution in [0.5, 0.6) is 0 Å². The van der Waals surface area contributed by atoms with Crippen molar-refractivity contribution in [3.05, 3.63) is 34.9 Å². The van der Waals surface area contributed by atoms with Crippen molar-refractivity contribution in [3.8, 4) is 0 Å². The van der Waals surface area contributed by atoms with Crippen molar-refractivity contribution in [2.24, 2.45) is 4.99 Å². The Morgan fingerprint density at radius 2 is 1.90 bits per heavy atom. The maximum atomic E-state index is 13.0. The number of carbonyl (C=O) groups excluding carboxylic acids is 3. The molecule has 0 bridgehead atoms. The van der Waals surface area contributed by atoms with Crippen LogP contribution in [0.15, 0.2) is 29.3 Å². The number of amidine groups is 1. The van der Waals surface area contributed by atoms with Crippen molar-refractivity contribution >= 4 is 35.0 Å². The predicted molar refractivity (Wildman–Crippen MR) is 111 cm³/mol. The second-order valence-electron chi connectivity index (χ2n) is 8.59. The molecule has 154 valence electrons. The van der Waals surface area contributed by atoms with E-state index in [0.29, 0.717) is 30.4 Å². The zero-order valence-corrected chi connectivity index (χ0v) is 17.6. The molecule has 1 aliphatic carbocycles. The molecule has 1 saturated carbocycles. The van der Waals surface area contributed by atoms with Gasteiger partial charge in [0.05, 0.1) is 0 Å². The fraction of sp³-hybridized carbons (Fsp3) is 0.545. The lowest BCUT2D eigenvalue weighted by Gasteiger charge is -2.45. The van der Waals surface area contributed by atoms with E-state index in [9.17, 15) is 14.4 Å². The molecule has 1 aromatic carbocycles. The Labute approximate surface area is 175 Å². The lowest BCUT2D eigenvalue weighted by atomic mass is 9.75. The van der Waals surface area contributed by atoms with Crippen molar-refractivity contribution < 1.29 is 14.4 Å². The van der Waals surface area contributed by atoms with Crippen LogP contribution in [0, 0.1) is 0 Å². The zero-order valence-electron chi connectivity index (χ0n) is 16.9. The molecule has 2 aliphatic heterocycles. The Hall–Kier alpha value is -2.21. The molecule has 29 heavy (non-hydrogen) atoms. The Kier molecular flexibility index (Phi) is 5.23. The summed E-state index contributed by atoms with van der Waals surface area (Å²) in [5.41, 5.74) is 0.964. The number of amides is 2. The SMILES string of the molecule is CC(C)N1CCN2C(CC3(c4cccc(Cl)c4)CCCC3)=NC(=O)C(=O)C2C1=O. The van der Waals surface area contributed by atoms with Gasteiger partial charge in [-0.1, -0.05) is 36.6 Å². The predicted octanol–water partition coefficient (Wildman–Crippen LogP) is 2.97. The molecule has 2 amide bonds. The van der Waals surface area contributed by atoms with Gasteiger partial charge in [-0.15, -0.1) is 0 Å². The Bertz CT molecular complexity index is 889. The number of rotatable bonds is 4. The summed E-state index contributed by atoms with van der Waals surface area (Å²) >= 11 is 6.26. The van der Waals surface area contributed by atoms with E-state index in [1.807, 2.05) is 32.0 Å². The van der Waals surface area contributed by atoms with E-state index in [0.717, 1.165) is 31.2 Å². The van der Waals surface area contributed by atoms with Crippen LogP contribution in [0.3, 0.4) is 0 Å². The van der Waals surface area contributed by atoms with Crippen molar-refractivity contribution in [2.45, 2.75) is 63.5 Å². The number of nitrogens with zero attached hydrogens (tertiary/aromatic N) is 3. The topological polar surface area (TPSA) is 70.0 Å². The molecule has 2 heterocycles. The minimum atomic E-state index is -1.07. The Balaban J connectivity index is 1.69. The summed E-state index contributed by atoms with van der Waals surface area (Å²) in [4.78, 5) is 45.5. The summed E-state index contributed by atoms with van der Waals surface area (Å²) in [7, 11) is 0. The number of hydrogen-bond donors (Lipinski definition) is 0. The molecule has 1 unspecified atom stereocenters. The number of benzene rings is 1. The first-order chi connectivity index (χ1) is 13.8. The van der Waals surface area contributed by atoms with Crippen molar-refractivity contribution in [1.82, 2.24) is 9.80 Å². The summed E-state index contributed by atoms with van der Waals surface area (Å²) in [6.07, 6.45) is 4.67. The average molecular weight is 416 g/mol. The minimum Gasteiger partial charge on any atom is -0.339 e. The lowest BCUT2D eigenvalue weighted by molar-refractivity contribution is -0.151. The van der Waals surface area contributed by atoms with E-state index in [4.69, 9.17) is 11.6 Å². The molecule has 0 aromatic heterocycles. The third-order valence-corrected chi connectivity index (χ3v) is 6.78. The molecule has 0 spiro atoms. The van der Waals surface area contributed by atoms with Crippen LogP contribution in [0.1, 0.15) is 51.5 Å². The van der Waals surface area contributed by atoms with Gasteiger partial charge in [0.1, 0.15) is 5.84 Å². The summed E-state index contributed by atoms with van der Waals surface area (Å²) in [5, 5.41) is 0.684. The van der Waals surface area contributed by atoms with E-state index in [1.54, 1.807) is 9.80 Å². The van der Waals surface area contributed by atoms with Gasteiger partial charge in [0.2, 0.25) is 0 Å². The Morgan fingerprint density at radius 3 is 2.55 bits per heavy atom. The van der Waals surface area contributed by atoms with Crippen LogP contribution in [0.25, 0.3) is 0 Å². The molecular formula is C22H26ClN3O3. The van der Waals surface area contributed by atoms with Gasteiger partial charge in [-0.05, 0) is 44.4 Å². The second kappa shape index (κ2) is 7.56. The molecule has 0 radical (unpaired) electrons. The monoisotopic (exact) mass is 415 g/mol. The number of fused-ring (bicyclic) bond motifs is 1. The van der Waals surface area contributed by atoms with E-state index < -0.39 is 17.7 Å². The molecule has 1 atom stereocenters. The quantitative estimate of drug-likeness (QED) is 0.560. The summed E-state index contributed by atoms with van der Waals surface area (Å²) < 4.78 is 0. The van der Waals surface area contributed by atoms with Crippen LogP contribution in [0.2, 0.25) is 5.02 Å². The number of aliphatic imine (C=N–C) groups is 1. The largest absolute Gasteiger partial charge is 0.339 e. The van der Waals surface area contributed by atoms with Gasteiger partial charge in [-0.3, -0.25) is 14.4 Å². The molecule has 7 heteroatoms. The second-order valence-corrected chi connectivity index (χ2v) is 9.03. The van der Waals surface area contributed by atoms with E-state index in [1.165, 1.54) is 0 Å². The van der Waals surface area contributed by atoms with Gasteiger partial charge in [-0.25, -0.2) is 0 Å². The summed E-state index contributed by atoms with van der Waals surface area (Å²) in [6.45, 7) is 4.88. The van der Waals surface area contributed by atoms with Crippen molar-refractivity contribution in [2.75, 3.05) is 13.1 Å². The third-order valence-electron chi connectivity index (χ3n) is 6.55. The van der Waals surface area contributed by atoms with E-state index >= 15 is 0 Å². The maximum Gasteiger partial charge on any atom is 0.317 e. The molecule has 4 rings (SSSR count). The molecule has 6 nitrogen and oxygen atoms in total. The van der Waals surface area contributed by atoms with Gasteiger partial charge in [0, 0.05) is 36.0 Å². The lowest BCUT2D eigenvalue weighted by Crippen LogP contribution is -2.66. The standard InChI is InChI=1S/C22H26ClN3O3/c1-14(2)25-10-11-26-17(24-20(28)19(27)18(26)21(25)29)13-22(8-3-4-9-22)15-6-5-7-16(23)12-15/h5-7,12,14,18H,3-4,8-11,13H2,1-2H3. The molecule has 1 aromatic rings. The highest BCUT2D eigenvalue weighted by atomic mass is 35.5. The molecule has 3 aliphatic rings. The molecule has 2 fully saturated rings. The minimum absolute atomic E-state index is 0.0116. The maximum absolute atomic E-state index is 13.0. The van der Waals surface area contributed by atoms with Gasteiger partial charge in [0.15, 0.2) is 6.04 Å². The summed E-state index contributed by atoms with van der Waals surface area (Å²) in [6, 6.07) is 6.79. The highest BCUT2D eigenvalue weighted by Crippen LogP contribution is 2.45. The normalized spacial score (nSPS) is 24.2. The smallest absolute Gasteiger partial charge is 0.317 e. The first kappa shape index (κ1) is 20.1. The van der Waals surface area contributed by atoms with Gasteiger partial charge >= 0.3 is 5.91 Å². The fourth-order valence-electron chi connectivity index (χ4n) is 5.02. The third kappa shape index (κ3) is 3.48. The Morgan fingerprint density at radius 1 is 1.17 bits per heavy atom. The van der Waals surface area contributed by atoms with Crippen molar-refractivity contribution in [1.29, 1.82) is 0 Å². The first-order valence-corrected chi connectivity index (χ1v) is 10.7. The number of carbonyl (C=O) groups is 3. The fourth-order valence-corrected chi connectivity index (χ4v) is 5.21. The molecular weight excluding hydrogens is 390 g/mol. The van der Waals surface area contributed by atoms with Crippen LogP contribution in [-0.2, 0) is 19.8 Å². The van der Waals surface area contributed by atoms with Gasteiger partial charge < -0.3 is 9.80 Å². The average Bonchev–Trinajstić information content (AvgIpc) is 3.15. The van der Waals surface area contributed by atoms with Crippen LogP contribution in [0.4, 0.5) is 0 Å². The number of halogens is 1. The number of piperazine rings is 1. The van der Waals surface area contributed by atoms with Crippen LogP contribution < -0.4 is 0 Å². The van der Waals surface area contributed by atoms with Gasteiger partial charge in [0.25, 0.3) is 11.7 Å². The highest BCUT2D eigenvalue weighted by molar-refractivity contribution is 6.45. The van der Waals surface area contributed by atoms with E-state index in [2.05, 4.69) is 11.1 Å². The highest BCUT2D eigenvalue weighted by Gasteiger charge is 2.49. The summed E-state index contributed by atoms with van der Waals surface area (Å²) in [5.74, 6) is -1.25. The molecule has 1 saturated heterocycles. The first-order valence-electron chi connectivity index (χ1n) is 10.3. The zero-order chi connectivity index (χ0) is 20.8. The number of ketones is 1. The van der Waals surface area contributed by atoms with Crippen molar-refractivity contribution in [3.63, 3.8) is 0 Å². The van der Waals surface area contributed by atoms with E-state index in [-0.39, 0.29) is 17.4 Å². The molecule has 0 N–H and O–H groups in total. The number of Topliss-reactive ketones (excluding diaryl/α,β-unsaturated/α-hetero) is 1. The van der Waals surface area contributed by atoms with Gasteiger partial charge in [-0.2, -0.15) is 4.99 Å².